The predicted molar refractivity (Wildman–Crippen MR) is 133 cm³/mol. The summed E-state index contributed by atoms with van der Waals surface area (Å²) in [7, 11) is 0. The Labute approximate surface area is 199 Å². The summed E-state index contributed by atoms with van der Waals surface area (Å²) in [6.07, 6.45) is 2.74. The minimum Gasteiger partial charge on any atom is -0.491 e. The van der Waals surface area contributed by atoms with E-state index >= 15 is 0 Å². The van der Waals surface area contributed by atoms with Crippen LogP contribution in [0.2, 0.25) is 0 Å². The standard InChI is InChI=1S/C28H42O5/c1-6-16-28(17-7-2,21-8-12-24(13-9-21)32-19-23(30)18-29)22-10-14-25(15-11-22)33-20-26(31)27(3,4)5/h8-15,23,26,29-31H,6-7,16-20H2,1-5H3/t23-,26-/m0/s1. The zero-order chi connectivity index (χ0) is 24.5. The van der Waals surface area contributed by atoms with E-state index in [9.17, 15) is 10.2 Å². The van der Waals surface area contributed by atoms with Crippen molar-refractivity contribution in [3.63, 3.8) is 0 Å². The average Bonchev–Trinajstić information content (AvgIpc) is 2.80. The molecule has 0 aliphatic heterocycles. The average molecular weight is 459 g/mol. The van der Waals surface area contributed by atoms with Crippen molar-refractivity contribution < 1.29 is 24.8 Å². The van der Waals surface area contributed by atoms with Crippen LogP contribution in [0, 0.1) is 5.41 Å². The van der Waals surface area contributed by atoms with E-state index in [0.717, 1.165) is 31.4 Å². The van der Waals surface area contributed by atoms with Gasteiger partial charge in [0.1, 0.15) is 30.8 Å². The van der Waals surface area contributed by atoms with E-state index in [0.29, 0.717) is 5.75 Å². The zero-order valence-corrected chi connectivity index (χ0v) is 20.9. The van der Waals surface area contributed by atoms with Crippen molar-refractivity contribution in [2.75, 3.05) is 19.8 Å². The van der Waals surface area contributed by atoms with E-state index in [-0.39, 0.29) is 30.7 Å². The smallest absolute Gasteiger partial charge is 0.119 e. The Hall–Kier alpha value is -2.08. The molecule has 0 fully saturated rings. The summed E-state index contributed by atoms with van der Waals surface area (Å²) >= 11 is 0. The topological polar surface area (TPSA) is 79.2 Å². The molecule has 184 valence electrons. The lowest BCUT2D eigenvalue weighted by Gasteiger charge is -2.35. The Morgan fingerprint density at radius 3 is 1.52 bits per heavy atom. The van der Waals surface area contributed by atoms with Crippen molar-refractivity contribution in [3.05, 3.63) is 59.7 Å². The van der Waals surface area contributed by atoms with Gasteiger partial charge in [-0.1, -0.05) is 71.7 Å². The van der Waals surface area contributed by atoms with Crippen molar-refractivity contribution in [2.45, 2.75) is 77.9 Å². The van der Waals surface area contributed by atoms with Gasteiger partial charge in [0.15, 0.2) is 0 Å². The fraction of sp³-hybridized carbons (Fsp3) is 0.571. The fourth-order valence-electron chi connectivity index (χ4n) is 4.13. The molecule has 33 heavy (non-hydrogen) atoms. The van der Waals surface area contributed by atoms with Crippen LogP contribution in [0.5, 0.6) is 11.5 Å². The Morgan fingerprint density at radius 1 is 0.727 bits per heavy atom. The highest BCUT2D eigenvalue weighted by Gasteiger charge is 2.32. The molecule has 5 heteroatoms. The van der Waals surface area contributed by atoms with E-state index in [1.165, 1.54) is 11.1 Å². The van der Waals surface area contributed by atoms with Gasteiger partial charge < -0.3 is 24.8 Å². The second-order valence-corrected chi connectivity index (χ2v) is 9.97. The third-order valence-corrected chi connectivity index (χ3v) is 6.23. The molecule has 0 aliphatic rings. The molecule has 5 nitrogen and oxygen atoms in total. The molecule has 0 saturated carbocycles. The van der Waals surface area contributed by atoms with Crippen LogP contribution in [-0.2, 0) is 5.41 Å². The Kier molecular flexibility index (Phi) is 10.2. The van der Waals surface area contributed by atoms with Crippen molar-refractivity contribution in [2.24, 2.45) is 5.41 Å². The number of rotatable bonds is 13. The van der Waals surface area contributed by atoms with Crippen LogP contribution in [-0.4, -0.2) is 47.3 Å². The molecule has 2 atom stereocenters. The minimum atomic E-state index is -0.880. The van der Waals surface area contributed by atoms with Crippen LogP contribution in [0.15, 0.2) is 48.5 Å². The first-order valence-electron chi connectivity index (χ1n) is 12.1. The van der Waals surface area contributed by atoms with Gasteiger partial charge in [-0.25, -0.2) is 0 Å². The summed E-state index contributed by atoms with van der Waals surface area (Å²) in [6.45, 7) is 10.4. The fourth-order valence-corrected chi connectivity index (χ4v) is 4.13. The van der Waals surface area contributed by atoms with Crippen LogP contribution >= 0.6 is 0 Å². The summed E-state index contributed by atoms with van der Waals surface area (Å²) < 4.78 is 11.4. The lowest BCUT2D eigenvalue weighted by Crippen LogP contribution is -2.32. The molecule has 3 N–H and O–H groups in total. The first-order valence-corrected chi connectivity index (χ1v) is 12.1. The Balaban J connectivity index is 2.26. The van der Waals surface area contributed by atoms with Crippen LogP contribution in [0.1, 0.15) is 71.4 Å². The molecule has 0 amide bonds. The number of hydrogen-bond acceptors (Lipinski definition) is 5. The molecule has 2 rings (SSSR count). The molecule has 2 aromatic rings. The number of hydrogen-bond donors (Lipinski definition) is 3. The SMILES string of the molecule is CCCC(CCC)(c1ccc(OC[C@@H](O)CO)cc1)c1ccc(OC[C@H](O)C(C)(C)C)cc1. The highest BCUT2D eigenvalue weighted by molar-refractivity contribution is 5.43. The molecule has 0 unspecified atom stereocenters. The monoisotopic (exact) mass is 458 g/mol. The number of benzene rings is 2. The normalized spacial score (nSPS) is 14.1. The molecule has 2 aromatic carbocycles. The molecule has 0 saturated heterocycles. The molecule has 0 spiro atoms. The molecule has 0 aromatic heterocycles. The molecule has 0 radical (unpaired) electrons. The van der Waals surface area contributed by atoms with Gasteiger partial charge in [-0.3, -0.25) is 0 Å². The Morgan fingerprint density at radius 2 is 1.15 bits per heavy atom. The van der Waals surface area contributed by atoms with Gasteiger partial charge in [0.25, 0.3) is 0 Å². The third kappa shape index (κ3) is 7.46. The van der Waals surface area contributed by atoms with Gasteiger partial charge in [-0.15, -0.1) is 0 Å². The molecular weight excluding hydrogens is 416 g/mol. The summed E-state index contributed by atoms with van der Waals surface area (Å²) in [6, 6.07) is 16.4. The van der Waals surface area contributed by atoms with E-state index in [4.69, 9.17) is 14.6 Å². The van der Waals surface area contributed by atoms with E-state index in [2.05, 4.69) is 38.1 Å². The van der Waals surface area contributed by atoms with Gasteiger partial charge >= 0.3 is 0 Å². The minimum absolute atomic E-state index is 0.0658. The summed E-state index contributed by atoms with van der Waals surface area (Å²) in [5.74, 6) is 1.43. The first-order chi connectivity index (χ1) is 15.7. The summed E-state index contributed by atoms with van der Waals surface area (Å²) in [4.78, 5) is 0. The number of aliphatic hydroxyl groups is 3. The maximum absolute atomic E-state index is 10.3. The second-order valence-electron chi connectivity index (χ2n) is 9.97. The largest absolute Gasteiger partial charge is 0.491 e. The van der Waals surface area contributed by atoms with E-state index < -0.39 is 12.2 Å². The predicted octanol–water partition coefficient (Wildman–Crippen LogP) is 5.09. The van der Waals surface area contributed by atoms with Gasteiger partial charge in [0.05, 0.1) is 12.7 Å². The van der Waals surface area contributed by atoms with Gasteiger partial charge in [0.2, 0.25) is 0 Å². The van der Waals surface area contributed by atoms with Gasteiger partial charge in [-0.2, -0.15) is 0 Å². The summed E-state index contributed by atoms with van der Waals surface area (Å²) in [5, 5.41) is 28.8. The van der Waals surface area contributed by atoms with Crippen molar-refractivity contribution in [1.29, 1.82) is 0 Å². The van der Waals surface area contributed by atoms with Crippen LogP contribution < -0.4 is 9.47 Å². The van der Waals surface area contributed by atoms with Crippen LogP contribution in [0.3, 0.4) is 0 Å². The maximum atomic E-state index is 10.3. The van der Waals surface area contributed by atoms with Crippen LogP contribution in [0.25, 0.3) is 0 Å². The summed E-state index contributed by atoms with van der Waals surface area (Å²) in [5.41, 5.74) is 2.15. The number of ether oxygens (including phenoxy) is 2. The Bertz CT molecular complexity index is 802. The second kappa shape index (κ2) is 12.4. The maximum Gasteiger partial charge on any atom is 0.119 e. The van der Waals surface area contributed by atoms with E-state index in [1.54, 1.807) is 0 Å². The molecular formula is C28H42O5. The molecule has 0 aliphatic carbocycles. The molecule has 0 bridgehead atoms. The van der Waals surface area contributed by atoms with Gasteiger partial charge in [0, 0.05) is 5.41 Å². The lowest BCUT2D eigenvalue weighted by atomic mass is 9.68. The van der Waals surface area contributed by atoms with E-state index in [1.807, 2.05) is 45.0 Å². The molecule has 0 heterocycles. The number of aliphatic hydroxyl groups excluding tert-OH is 3. The third-order valence-electron chi connectivity index (χ3n) is 6.23. The van der Waals surface area contributed by atoms with Crippen molar-refractivity contribution in [1.82, 2.24) is 0 Å². The highest BCUT2D eigenvalue weighted by Crippen LogP contribution is 2.42. The van der Waals surface area contributed by atoms with Gasteiger partial charge in [-0.05, 0) is 53.6 Å². The van der Waals surface area contributed by atoms with Crippen molar-refractivity contribution >= 4 is 0 Å². The zero-order valence-electron chi connectivity index (χ0n) is 20.9. The first kappa shape index (κ1) is 27.2. The van der Waals surface area contributed by atoms with Crippen molar-refractivity contribution in [3.8, 4) is 11.5 Å². The van der Waals surface area contributed by atoms with Crippen LogP contribution in [0.4, 0.5) is 0 Å². The quantitative estimate of drug-likeness (QED) is 0.390. The lowest BCUT2D eigenvalue weighted by molar-refractivity contribution is 0.0218. The highest BCUT2D eigenvalue weighted by atomic mass is 16.5.